The maximum Gasteiger partial charge on any atom is 0.261 e. The summed E-state index contributed by atoms with van der Waals surface area (Å²) in [4.78, 5) is 37.8. The lowest BCUT2D eigenvalue weighted by Crippen LogP contribution is -2.35. The Kier molecular flexibility index (Phi) is 5.20. The molecule has 4 rings (SSSR count). The Bertz CT molecular complexity index is 1020. The number of amides is 3. The van der Waals surface area contributed by atoms with E-state index in [1.807, 2.05) is 36.4 Å². The molecule has 0 spiro atoms. The van der Waals surface area contributed by atoms with Gasteiger partial charge in [-0.2, -0.15) is 0 Å². The quantitative estimate of drug-likeness (QED) is 0.627. The van der Waals surface area contributed by atoms with Crippen LogP contribution in [-0.2, 0) is 11.2 Å². The van der Waals surface area contributed by atoms with Gasteiger partial charge in [-0.05, 0) is 12.1 Å². The number of imide groups is 1. The van der Waals surface area contributed by atoms with Crippen molar-refractivity contribution < 1.29 is 18.9 Å². The van der Waals surface area contributed by atoms with Crippen LogP contribution in [0.25, 0.3) is 11.3 Å². The Morgan fingerprint density at radius 3 is 2.31 bits per heavy atom. The van der Waals surface area contributed by atoms with Crippen LogP contribution in [0.3, 0.4) is 0 Å². The van der Waals surface area contributed by atoms with E-state index in [0.29, 0.717) is 29.9 Å². The number of nitrogens with one attached hydrogen (secondary N) is 1. The van der Waals surface area contributed by atoms with Gasteiger partial charge in [-0.3, -0.25) is 19.3 Å². The molecule has 0 radical (unpaired) electrons. The first-order valence-electron chi connectivity index (χ1n) is 9.36. The van der Waals surface area contributed by atoms with E-state index in [2.05, 4.69) is 10.5 Å². The lowest BCUT2D eigenvalue weighted by atomic mass is 10.1. The van der Waals surface area contributed by atoms with Crippen LogP contribution in [0.4, 0.5) is 0 Å². The molecule has 0 saturated heterocycles. The lowest BCUT2D eigenvalue weighted by Gasteiger charge is -2.13. The topological polar surface area (TPSA) is 92.5 Å². The van der Waals surface area contributed by atoms with Gasteiger partial charge in [0.2, 0.25) is 5.91 Å². The summed E-state index contributed by atoms with van der Waals surface area (Å²) < 4.78 is 5.33. The van der Waals surface area contributed by atoms with E-state index in [4.69, 9.17) is 4.52 Å². The molecule has 0 saturated carbocycles. The van der Waals surface area contributed by atoms with Crippen LogP contribution in [0.2, 0.25) is 0 Å². The van der Waals surface area contributed by atoms with Gasteiger partial charge in [0.1, 0.15) is 0 Å². The molecule has 3 aromatic rings. The van der Waals surface area contributed by atoms with Crippen LogP contribution >= 0.6 is 0 Å². The second-order valence-electron chi connectivity index (χ2n) is 6.71. The molecule has 0 atom stereocenters. The van der Waals surface area contributed by atoms with E-state index in [9.17, 15) is 14.4 Å². The maximum absolute atomic E-state index is 12.3. The van der Waals surface area contributed by atoms with Gasteiger partial charge in [0.15, 0.2) is 5.76 Å². The Balaban J connectivity index is 1.24. The number of aromatic nitrogens is 1. The summed E-state index contributed by atoms with van der Waals surface area (Å²) in [6, 6.07) is 18.2. The molecule has 1 aliphatic rings. The molecule has 7 heteroatoms. The van der Waals surface area contributed by atoms with Crippen LogP contribution in [0.15, 0.2) is 65.2 Å². The number of benzene rings is 2. The van der Waals surface area contributed by atoms with Gasteiger partial charge in [-0.25, -0.2) is 0 Å². The standard InChI is InChI=1S/C22H19N3O4/c26-20(11-13-25-21(27)17-8-4-5-9-18(17)22(25)28)23-12-10-16-14-19(29-24-16)15-6-2-1-3-7-15/h1-9,14H,10-13H2,(H,23,26). The molecule has 1 aromatic heterocycles. The minimum absolute atomic E-state index is 0.0551. The summed E-state index contributed by atoms with van der Waals surface area (Å²) in [5, 5.41) is 6.80. The van der Waals surface area contributed by atoms with Crippen molar-refractivity contribution in [1.82, 2.24) is 15.4 Å². The van der Waals surface area contributed by atoms with E-state index in [0.717, 1.165) is 16.2 Å². The minimum atomic E-state index is -0.352. The fourth-order valence-corrected chi connectivity index (χ4v) is 3.24. The van der Waals surface area contributed by atoms with Crippen molar-refractivity contribution in [2.75, 3.05) is 13.1 Å². The summed E-state index contributed by atoms with van der Waals surface area (Å²) >= 11 is 0. The highest BCUT2D eigenvalue weighted by molar-refractivity contribution is 6.21. The fourth-order valence-electron chi connectivity index (χ4n) is 3.24. The average Bonchev–Trinajstić information content (AvgIpc) is 3.31. The Hall–Kier alpha value is -3.74. The first-order chi connectivity index (χ1) is 14.1. The zero-order valence-electron chi connectivity index (χ0n) is 15.6. The summed E-state index contributed by atoms with van der Waals surface area (Å²) in [5.41, 5.74) is 2.46. The fraction of sp³-hybridized carbons (Fsp3) is 0.182. The Morgan fingerprint density at radius 2 is 1.62 bits per heavy atom. The highest BCUT2D eigenvalue weighted by Gasteiger charge is 2.34. The van der Waals surface area contributed by atoms with Crippen molar-refractivity contribution in [1.29, 1.82) is 0 Å². The van der Waals surface area contributed by atoms with E-state index < -0.39 is 0 Å². The molecule has 1 N–H and O–H groups in total. The molecule has 29 heavy (non-hydrogen) atoms. The molecule has 1 aliphatic heterocycles. The van der Waals surface area contributed by atoms with Gasteiger partial charge in [0, 0.05) is 37.6 Å². The Labute approximate surface area is 167 Å². The first-order valence-corrected chi connectivity index (χ1v) is 9.36. The maximum atomic E-state index is 12.3. The van der Waals surface area contributed by atoms with Gasteiger partial charge >= 0.3 is 0 Å². The Morgan fingerprint density at radius 1 is 0.966 bits per heavy atom. The van der Waals surface area contributed by atoms with E-state index in [1.54, 1.807) is 24.3 Å². The second-order valence-corrected chi connectivity index (χ2v) is 6.71. The summed E-state index contributed by atoms with van der Waals surface area (Å²) in [5.74, 6) is -0.255. The third kappa shape index (κ3) is 3.94. The largest absolute Gasteiger partial charge is 0.356 e. The van der Waals surface area contributed by atoms with E-state index in [-0.39, 0.29) is 30.7 Å². The van der Waals surface area contributed by atoms with Crippen molar-refractivity contribution in [2.45, 2.75) is 12.8 Å². The molecule has 3 amide bonds. The van der Waals surface area contributed by atoms with Gasteiger partial charge in [0.25, 0.3) is 11.8 Å². The highest BCUT2D eigenvalue weighted by Crippen LogP contribution is 2.22. The zero-order valence-corrected chi connectivity index (χ0v) is 15.6. The van der Waals surface area contributed by atoms with Gasteiger partial charge in [-0.15, -0.1) is 0 Å². The van der Waals surface area contributed by atoms with Gasteiger partial charge in [-0.1, -0.05) is 47.6 Å². The molecule has 0 aliphatic carbocycles. The van der Waals surface area contributed by atoms with Crippen LogP contribution in [0.1, 0.15) is 32.8 Å². The first kappa shape index (κ1) is 18.6. The molecule has 0 bridgehead atoms. The smallest absolute Gasteiger partial charge is 0.261 e. The SMILES string of the molecule is O=C(CCN1C(=O)c2ccccc2C1=O)NCCc1cc(-c2ccccc2)on1. The third-order valence-electron chi connectivity index (χ3n) is 4.76. The number of hydrogen-bond acceptors (Lipinski definition) is 5. The molecule has 146 valence electrons. The molecule has 0 unspecified atom stereocenters. The molecule has 0 fully saturated rings. The summed E-state index contributed by atoms with van der Waals surface area (Å²) in [6.07, 6.45) is 0.578. The molecular formula is C22H19N3O4. The molecule has 2 aromatic carbocycles. The van der Waals surface area contributed by atoms with Crippen LogP contribution in [0.5, 0.6) is 0 Å². The molecule has 2 heterocycles. The zero-order chi connectivity index (χ0) is 20.2. The predicted molar refractivity (Wildman–Crippen MR) is 105 cm³/mol. The second kappa shape index (κ2) is 8.10. The van der Waals surface area contributed by atoms with E-state index in [1.165, 1.54) is 0 Å². The monoisotopic (exact) mass is 389 g/mol. The highest BCUT2D eigenvalue weighted by atomic mass is 16.5. The number of carbonyl (C=O) groups is 3. The van der Waals surface area contributed by atoms with Gasteiger partial charge < -0.3 is 9.84 Å². The predicted octanol–water partition coefficient (Wildman–Crippen LogP) is 2.69. The minimum Gasteiger partial charge on any atom is -0.356 e. The summed E-state index contributed by atoms with van der Waals surface area (Å²) in [6.45, 7) is 0.446. The number of rotatable bonds is 7. The normalized spacial score (nSPS) is 12.9. The van der Waals surface area contributed by atoms with Crippen molar-refractivity contribution in [3.8, 4) is 11.3 Å². The molecule has 7 nitrogen and oxygen atoms in total. The van der Waals surface area contributed by atoms with Crippen LogP contribution in [0, 0.1) is 0 Å². The van der Waals surface area contributed by atoms with Crippen molar-refractivity contribution in [2.24, 2.45) is 0 Å². The van der Waals surface area contributed by atoms with Crippen LogP contribution < -0.4 is 5.32 Å². The number of nitrogens with zero attached hydrogens (tertiary/aromatic N) is 2. The summed E-state index contributed by atoms with van der Waals surface area (Å²) in [7, 11) is 0. The number of carbonyl (C=O) groups excluding carboxylic acids is 3. The van der Waals surface area contributed by atoms with Crippen molar-refractivity contribution in [3.63, 3.8) is 0 Å². The third-order valence-corrected chi connectivity index (χ3v) is 4.76. The lowest BCUT2D eigenvalue weighted by molar-refractivity contribution is -0.121. The number of fused-ring (bicyclic) bond motifs is 1. The van der Waals surface area contributed by atoms with Crippen LogP contribution in [-0.4, -0.2) is 40.9 Å². The molecular weight excluding hydrogens is 370 g/mol. The van der Waals surface area contributed by atoms with E-state index >= 15 is 0 Å². The van der Waals surface area contributed by atoms with Crippen molar-refractivity contribution >= 4 is 17.7 Å². The van der Waals surface area contributed by atoms with Crippen molar-refractivity contribution in [3.05, 3.63) is 77.5 Å². The number of hydrogen-bond donors (Lipinski definition) is 1. The average molecular weight is 389 g/mol. The van der Waals surface area contributed by atoms with Gasteiger partial charge in [0.05, 0.1) is 16.8 Å².